The van der Waals surface area contributed by atoms with Crippen LogP contribution in [0.15, 0.2) is 46.9 Å². The summed E-state index contributed by atoms with van der Waals surface area (Å²) < 4.78 is 14.8. The van der Waals surface area contributed by atoms with E-state index in [4.69, 9.17) is 0 Å². The van der Waals surface area contributed by atoms with Gasteiger partial charge >= 0.3 is 0 Å². The molecule has 2 aromatic rings. The molecule has 0 aliphatic rings. The molecule has 0 heterocycles. The Morgan fingerprint density at radius 1 is 1.21 bits per heavy atom. The van der Waals surface area contributed by atoms with Gasteiger partial charge in [0, 0.05) is 10.5 Å². The van der Waals surface area contributed by atoms with Gasteiger partial charge in [-0.1, -0.05) is 40.2 Å². The van der Waals surface area contributed by atoms with Crippen LogP contribution in [0.4, 0.5) is 4.39 Å². The molecule has 0 spiro atoms. The van der Waals surface area contributed by atoms with Crippen LogP contribution >= 0.6 is 15.9 Å². The second-order valence-electron chi connectivity index (χ2n) is 4.64. The van der Waals surface area contributed by atoms with Crippen LogP contribution in [0.3, 0.4) is 0 Å². The summed E-state index contributed by atoms with van der Waals surface area (Å²) in [5, 5.41) is 3.27. The first kappa shape index (κ1) is 14.2. The Morgan fingerprint density at radius 3 is 2.58 bits per heavy atom. The summed E-state index contributed by atoms with van der Waals surface area (Å²) in [7, 11) is 1.91. The van der Waals surface area contributed by atoms with E-state index >= 15 is 0 Å². The zero-order valence-corrected chi connectivity index (χ0v) is 12.7. The molecule has 19 heavy (non-hydrogen) atoms. The first-order valence-electron chi connectivity index (χ1n) is 6.28. The molecule has 1 nitrogen and oxygen atoms in total. The van der Waals surface area contributed by atoms with E-state index < -0.39 is 0 Å². The zero-order valence-electron chi connectivity index (χ0n) is 11.1. The summed E-state index contributed by atoms with van der Waals surface area (Å²) in [5.41, 5.74) is 3.14. The monoisotopic (exact) mass is 321 g/mol. The average Bonchev–Trinajstić information content (AvgIpc) is 2.39. The number of halogens is 2. The lowest BCUT2D eigenvalue weighted by atomic mass is 9.95. The second kappa shape index (κ2) is 6.31. The number of rotatable bonds is 4. The Morgan fingerprint density at radius 2 is 1.95 bits per heavy atom. The standard InChI is InChI=1S/C16H17BrFN/c1-11-9-13(17)7-8-14(11)16(19-2)10-12-5-3-4-6-15(12)18/h3-9,16,19H,10H2,1-2H3. The van der Waals surface area contributed by atoms with Gasteiger partial charge in [0.25, 0.3) is 0 Å². The van der Waals surface area contributed by atoms with Gasteiger partial charge in [0.15, 0.2) is 0 Å². The van der Waals surface area contributed by atoms with Gasteiger partial charge in [0.05, 0.1) is 0 Å². The molecule has 2 rings (SSSR count). The quantitative estimate of drug-likeness (QED) is 0.880. The molecule has 1 N–H and O–H groups in total. The van der Waals surface area contributed by atoms with Crippen LogP contribution in [0.5, 0.6) is 0 Å². The van der Waals surface area contributed by atoms with E-state index in [0.29, 0.717) is 6.42 Å². The minimum atomic E-state index is -0.141. The highest BCUT2D eigenvalue weighted by atomic mass is 79.9. The van der Waals surface area contributed by atoms with Crippen molar-refractivity contribution in [2.75, 3.05) is 7.05 Å². The van der Waals surface area contributed by atoms with Gasteiger partial charge in [0.2, 0.25) is 0 Å². The van der Waals surface area contributed by atoms with Gasteiger partial charge < -0.3 is 5.32 Å². The highest BCUT2D eigenvalue weighted by Gasteiger charge is 2.14. The molecule has 0 fully saturated rings. The Kier molecular flexibility index (Phi) is 4.72. The molecule has 0 saturated carbocycles. The maximum Gasteiger partial charge on any atom is 0.126 e. The molecular weight excluding hydrogens is 305 g/mol. The fourth-order valence-electron chi connectivity index (χ4n) is 2.28. The van der Waals surface area contributed by atoms with Gasteiger partial charge in [-0.15, -0.1) is 0 Å². The minimum Gasteiger partial charge on any atom is -0.313 e. The summed E-state index contributed by atoms with van der Waals surface area (Å²) in [6.07, 6.45) is 0.644. The summed E-state index contributed by atoms with van der Waals surface area (Å²) >= 11 is 3.47. The van der Waals surface area contributed by atoms with Crippen LogP contribution in [-0.4, -0.2) is 7.05 Å². The van der Waals surface area contributed by atoms with Crippen molar-refractivity contribution < 1.29 is 4.39 Å². The van der Waals surface area contributed by atoms with Gasteiger partial charge in [-0.25, -0.2) is 4.39 Å². The predicted octanol–water partition coefficient (Wildman–Crippen LogP) is 4.40. The summed E-state index contributed by atoms with van der Waals surface area (Å²) in [6, 6.07) is 13.3. The Bertz CT molecular complexity index is 568. The molecule has 1 atom stereocenters. The van der Waals surface area contributed by atoms with Crippen LogP contribution in [0.1, 0.15) is 22.7 Å². The molecule has 0 aliphatic heterocycles. The van der Waals surface area contributed by atoms with Crippen LogP contribution in [0, 0.1) is 12.7 Å². The van der Waals surface area contributed by atoms with E-state index in [1.54, 1.807) is 6.07 Å². The molecular formula is C16H17BrFN. The summed E-state index contributed by atoms with van der Waals surface area (Å²) in [6.45, 7) is 2.08. The predicted molar refractivity (Wildman–Crippen MR) is 80.8 cm³/mol. The number of aryl methyl sites for hydroxylation is 1. The van der Waals surface area contributed by atoms with Crippen molar-refractivity contribution >= 4 is 15.9 Å². The highest BCUT2D eigenvalue weighted by Crippen LogP contribution is 2.25. The van der Waals surface area contributed by atoms with Crippen molar-refractivity contribution in [3.8, 4) is 0 Å². The van der Waals surface area contributed by atoms with E-state index in [9.17, 15) is 4.39 Å². The van der Waals surface area contributed by atoms with Crippen molar-refractivity contribution in [3.63, 3.8) is 0 Å². The number of likely N-dealkylation sites (N-methyl/N-ethyl adjacent to an activating group) is 1. The first-order valence-corrected chi connectivity index (χ1v) is 7.08. The third-order valence-electron chi connectivity index (χ3n) is 3.34. The van der Waals surface area contributed by atoms with Crippen molar-refractivity contribution in [2.45, 2.75) is 19.4 Å². The van der Waals surface area contributed by atoms with Crippen LogP contribution < -0.4 is 5.32 Å². The normalized spacial score (nSPS) is 12.4. The smallest absolute Gasteiger partial charge is 0.126 e. The number of benzene rings is 2. The van der Waals surface area contributed by atoms with Crippen molar-refractivity contribution in [1.29, 1.82) is 0 Å². The fraction of sp³-hybridized carbons (Fsp3) is 0.250. The minimum absolute atomic E-state index is 0.116. The molecule has 0 aliphatic carbocycles. The lowest BCUT2D eigenvalue weighted by molar-refractivity contribution is 0.552. The molecule has 0 saturated heterocycles. The number of hydrogen-bond donors (Lipinski definition) is 1. The van der Waals surface area contributed by atoms with Crippen LogP contribution in [-0.2, 0) is 6.42 Å². The number of hydrogen-bond acceptors (Lipinski definition) is 1. The van der Waals surface area contributed by atoms with E-state index in [1.165, 1.54) is 17.2 Å². The van der Waals surface area contributed by atoms with Crippen LogP contribution in [0.25, 0.3) is 0 Å². The molecule has 0 radical (unpaired) electrons. The highest BCUT2D eigenvalue weighted by molar-refractivity contribution is 9.10. The largest absolute Gasteiger partial charge is 0.313 e. The third kappa shape index (κ3) is 3.43. The molecule has 3 heteroatoms. The first-order chi connectivity index (χ1) is 9.11. The molecule has 2 aromatic carbocycles. The Labute approximate surface area is 122 Å². The third-order valence-corrected chi connectivity index (χ3v) is 3.83. The molecule has 100 valence electrons. The lowest BCUT2D eigenvalue weighted by Crippen LogP contribution is -2.20. The SMILES string of the molecule is CNC(Cc1ccccc1F)c1ccc(Br)cc1C. The van der Waals surface area contributed by atoms with Gasteiger partial charge in [0.1, 0.15) is 5.82 Å². The van der Waals surface area contributed by atoms with Crippen LogP contribution in [0.2, 0.25) is 0 Å². The molecule has 0 amide bonds. The van der Waals surface area contributed by atoms with E-state index in [-0.39, 0.29) is 11.9 Å². The van der Waals surface area contributed by atoms with Gasteiger partial charge in [-0.2, -0.15) is 0 Å². The van der Waals surface area contributed by atoms with Crippen molar-refractivity contribution in [2.24, 2.45) is 0 Å². The van der Waals surface area contributed by atoms with Gasteiger partial charge in [-0.3, -0.25) is 0 Å². The Hall–Kier alpha value is -1.19. The van der Waals surface area contributed by atoms with Crippen molar-refractivity contribution in [1.82, 2.24) is 5.32 Å². The summed E-state index contributed by atoms with van der Waals surface area (Å²) in [4.78, 5) is 0. The van der Waals surface area contributed by atoms with Gasteiger partial charge in [-0.05, 0) is 55.3 Å². The summed E-state index contributed by atoms with van der Waals surface area (Å²) in [5.74, 6) is -0.141. The second-order valence-corrected chi connectivity index (χ2v) is 5.55. The Balaban J connectivity index is 2.28. The van der Waals surface area contributed by atoms with E-state index in [0.717, 1.165) is 10.0 Å². The van der Waals surface area contributed by atoms with Crippen molar-refractivity contribution in [3.05, 3.63) is 69.4 Å². The molecule has 1 unspecified atom stereocenters. The molecule has 0 bridgehead atoms. The van der Waals surface area contributed by atoms with E-state index in [2.05, 4.69) is 40.3 Å². The maximum atomic E-state index is 13.7. The maximum absolute atomic E-state index is 13.7. The lowest BCUT2D eigenvalue weighted by Gasteiger charge is -2.19. The molecule has 0 aromatic heterocycles. The fourth-order valence-corrected chi connectivity index (χ4v) is 2.76. The zero-order chi connectivity index (χ0) is 13.8. The topological polar surface area (TPSA) is 12.0 Å². The van der Waals surface area contributed by atoms with E-state index in [1.807, 2.05) is 25.2 Å². The number of nitrogens with one attached hydrogen (secondary N) is 1. The average molecular weight is 322 g/mol.